The normalized spacial score (nSPS) is 10.2. The zero-order valence-corrected chi connectivity index (χ0v) is 12.1. The molecule has 0 unspecified atom stereocenters. The van der Waals surface area contributed by atoms with Crippen molar-refractivity contribution in [1.29, 1.82) is 0 Å². The smallest absolute Gasteiger partial charge is 0.255 e. The molecule has 0 bridgehead atoms. The fraction of sp³-hybridized carbons (Fsp3) is 0.133. The minimum Gasteiger partial charge on any atom is -0.397 e. The van der Waals surface area contributed by atoms with Gasteiger partial charge in [0, 0.05) is 25.3 Å². The Hall–Kier alpha value is -2.20. The molecule has 0 spiro atoms. The maximum absolute atomic E-state index is 12.2. The number of hydrogen-bond acceptors (Lipinski definition) is 3. The molecule has 0 aliphatic heterocycles. The zero-order chi connectivity index (χ0) is 14.7. The molecular formula is C15H16ClN3O. The molecular weight excluding hydrogens is 274 g/mol. The van der Waals surface area contributed by atoms with Crippen molar-refractivity contribution in [3.63, 3.8) is 0 Å². The Morgan fingerprint density at radius 2 is 1.80 bits per heavy atom. The lowest BCUT2D eigenvalue weighted by molar-refractivity contribution is 0.102. The van der Waals surface area contributed by atoms with Gasteiger partial charge < -0.3 is 16.0 Å². The molecule has 0 saturated carbocycles. The number of para-hydroxylation sites is 1. The number of carbonyl (C=O) groups excluding carboxylic acids is 1. The number of amides is 1. The number of halogens is 1. The molecule has 0 heterocycles. The third-order valence-electron chi connectivity index (χ3n) is 2.93. The van der Waals surface area contributed by atoms with Gasteiger partial charge in [-0.3, -0.25) is 4.79 Å². The second-order valence-electron chi connectivity index (χ2n) is 4.60. The highest BCUT2D eigenvalue weighted by atomic mass is 35.5. The highest BCUT2D eigenvalue weighted by molar-refractivity contribution is 6.34. The average Bonchev–Trinajstić information content (AvgIpc) is 2.43. The van der Waals surface area contributed by atoms with Gasteiger partial charge in [-0.25, -0.2) is 0 Å². The third kappa shape index (κ3) is 3.03. The first-order valence-electron chi connectivity index (χ1n) is 6.12. The second kappa shape index (κ2) is 5.84. The van der Waals surface area contributed by atoms with Crippen LogP contribution < -0.4 is 16.0 Å². The van der Waals surface area contributed by atoms with Gasteiger partial charge in [0.05, 0.1) is 16.4 Å². The van der Waals surface area contributed by atoms with Crippen LogP contribution in [-0.2, 0) is 0 Å². The molecule has 104 valence electrons. The van der Waals surface area contributed by atoms with Gasteiger partial charge in [0.2, 0.25) is 0 Å². The lowest BCUT2D eigenvalue weighted by Gasteiger charge is -2.13. The molecule has 2 aromatic carbocycles. The first-order chi connectivity index (χ1) is 9.49. The van der Waals surface area contributed by atoms with E-state index >= 15 is 0 Å². The lowest BCUT2D eigenvalue weighted by Crippen LogP contribution is -2.14. The maximum atomic E-state index is 12.2. The number of anilines is 3. The molecule has 0 radical (unpaired) electrons. The van der Waals surface area contributed by atoms with E-state index in [-0.39, 0.29) is 5.91 Å². The molecule has 0 saturated heterocycles. The molecule has 1 amide bonds. The Labute approximate surface area is 123 Å². The van der Waals surface area contributed by atoms with Crippen molar-refractivity contribution in [3.05, 3.63) is 53.1 Å². The predicted molar refractivity (Wildman–Crippen MR) is 84.6 cm³/mol. The minimum absolute atomic E-state index is 0.241. The van der Waals surface area contributed by atoms with Crippen LogP contribution in [0.25, 0.3) is 0 Å². The molecule has 2 aromatic rings. The predicted octanol–water partition coefficient (Wildman–Crippen LogP) is 3.24. The number of nitrogens with zero attached hydrogens (tertiary/aromatic N) is 1. The van der Waals surface area contributed by atoms with Crippen molar-refractivity contribution in [2.24, 2.45) is 0 Å². The van der Waals surface area contributed by atoms with Crippen LogP contribution in [0.15, 0.2) is 42.5 Å². The Bertz CT molecular complexity index is 603. The number of carbonyl (C=O) groups is 1. The molecule has 0 fully saturated rings. The summed E-state index contributed by atoms with van der Waals surface area (Å²) in [5.74, 6) is -0.241. The van der Waals surface area contributed by atoms with Crippen molar-refractivity contribution in [3.8, 4) is 0 Å². The van der Waals surface area contributed by atoms with E-state index in [1.807, 2.05) is 31.1 Å². The number of nitrogen functional groups attached to an aromatic ring is 1. The summed E-state index contributed by atoms with van der Waals surface area (Å²) >= 11 is 6.03. The van der Waals surface area contributed by atoms with Crippen molar-refractivity contribution in [2.75, 3.05) is 30.0 Å². The molecule has 20 heavy (non-hydrogen) atoms. The van der Waals surface area contributed by atoms with Crippen molar-refractivity contribution >= 4 is 34.6 Å². The van der Waals surface area contributed by atoms with E-state index < -0.39 is 0 Å². The Balaban J connectivity index is 2.20. The molecule has 3 N–H and O–H groups in total. The third-order valence-corrected chi connectivity index (χ3v) is 3.25. The average molecular weight is 290 g/mol. The van der Waals surface area contributed by atoms with Gasteiger partial charge in [0.25, 0.3) is 5.91 Å². The van der Waals surface area contributed by atoms with E-state index in [9.17, 15) is 4.79 Å². The lowest BCUT2D eigenvalue weighted by atomic mass is 10.1. The van der Waals surface area contributed by atoms with Crippen LogP contribution in [-0.4, -0.2) is 20.0 Å². The molecule has 0 aliphatic rings. The van der Waals surface area contributed by atoms with E-state index in [0.717, 1.165) is 5.69 Å². The quantitative estimate of drug-likeness (QED) is 0.853. The highest BCUT2D eigenvalue weighted by Gasteiger charge is 2.11. The van der Waals surface area contributed by atoms with Crippen molar-refractivity contribution in [1.82, 2.24) is 0 Å². The first kappa shape index (κ1) is 14.2. The van der Waals surface area contributed by atoms with Gasteiger partial charge >= 0.3 is 0 Å². The standard InChI is InChI=1S/C15H16ClN3O/c1-19(2)11-8-6-10(7-9-11)15(20)18-14-12(16)4-3-5-13(14)17/h3-9H,17H2,1-2H3,(H,18,20). The zero-order valence-electron chi connectivity index (χ0n) is 11.4. The summed E-state index contributed by atoms with van der Waals surface area (Å²) in [6.07, 6.45) is 0. The summed E-state index contributed by atoms with van der Waals surface area (Å²) in [6.45, 7) is 0. The number of nitrogens with two attached hydrogens (primary N) is 1. The molecule has 2 rings (SSSR count). The highest BCUT2D eigenvalue weighted by Crippen LogP contribution is 2.28. The van der Waals surface area contributed by atoms with Crippen molar-refractivity contribution < 1.29 is 4.79 Å². The van der Waals surface area contributed by atoms with E-state index in [0.29, 0.717) is 22.0 Å². The summed E-state index contributed by atoms with van der Waals surface area (Å²) < 4.78 is 0. The summed E-state index contributed by atoms with van der Waals surface area (Å²) in [4.78, 5) is 14.1. The Kier molecular flexibility index (Phi) is 4.15. The number of hydrogen-bond donors (Lipinski definition) is 2. The number of benzene rings is 2. The van der Waals surface area contributed by atoms with Crippen LogP contribution in [0.4, 0.5) is 17.1 Å². The van der Waals surface area contributed by atoms with Gasteiger partial charge in [0.1, 0.15) is 0 Å². The Morgan fingerprint density at radius 3 is 2.35 bits per heavy atom. The van der Waals surface area contributed by atoms with Gasteiger partial charge in [0.15, 0.2) is 0 Å². The van der Waals surface area contributed by atoms with Gasteiger partial charge in [-0.2, -0.15) is 0 Å². The fourth-order valence-electron chi connectivity index (χ4n) is 1.77. The van der Waals surface area contributed by atoms with Gasteiger partial charge in [-0.1, -0.05) is 17.7 Å². The van der Waals surface area contributed by atoms with Gasteiger partial charge in [-0.15, -0.1) is 0 Å². The molecule has 5 heteroatoms. The summed E-state index contributed by atoms with van der Waals surface area (Å²) in [6, 6.07) is 12.4. The van der Waals surface area contributed by atoms with Crippen molar-refractivity contribution in [2.45, 2.75) is 0 Å². The number of rotatable bonds is 3. The molecule has 0 aromatic heterocycles. The molecule has 4 nitrogen and oxygen atoms in total. The van der Waals surface area contributed by atoms with E-state index in [2.05, 4.69) is 5.32 Å². The Morgan fingerprint density at radius 1 is 1.15 bits per heavy atom. The van der Waals surface area contributed by atoms with E-state index in [4.69, 9.17) is 17.3 Å². The largest absolute Gasteiger partial charge is 0.397 e. The molecule has 0 atom stereocenters. The molecule has 0 aliphatic carbocycles. The summed E-state index contributed by atoms with van der Waals surface area (Å²) in [7, 11) is 3.89. The van der Waals surface area contributed by atoms with Crippen LogP contribution in [0.1, 0.15) is 10.4 Å². The topological polar surface area (TPSA) is 58.4 Å². The maximum Gasteiger partial charge on any atom is 0.255 e. The second-order valence-corrected chi connectivity index (χ2v) is 5.01. The monoisotopic (exact) mass is 289 g/mol. The van der Waals surface area contributed by atoms with Crippen LogP contribution in [0.2, 0.25) is 5.02 Å². The minimum atomic E-state index is -0.241. The SMILES string of the molecule is CN(C)c1ccc(C(=O)Nc2c(N)cccc2Cl)cc1. The fourth-order valence-corrected chi connectivity index (χ4v) is 2.00. The van der Waals surface area contributed by atoms with Crippen LogP contribution >= 0.6 is 11.6 Å². The van der Waals surface area contributed by atoms with Crippen LogP contribution in [0.5, 0.6) is 0 Å². The van der Waals surface area contributed by atoms with E-state index in [1.54, 1.807) is 30.3 Å². The van der Waals surface area contributed by atoms with E-state index in [1.165, 1.54) is 0 Å². The first-order valence-corrected chi connectivity index (χ1v) is 6.49. The van der Waals surface area contributed by atoms with Crippen LogP contribution in [0, 0.1) is 0 Å². The van der Waals surface area contributed by atoms with Gasteiger partial charge in [-0.05, 0) is 36.4 Å². The number of nitrogens with one attached hydrogen (secondary N) is 1. The summed E-state index contributed by atoms with van der Waals surface area (Å²) in [5, 5.41) is 3.15. The van der Waals surface area contributed by atoms with Crippen LogP contribution in [0.3, 0.4) is 0 Å². The summed E-state index contributed by atoms with van der Waals surface area (Å²) in [5.41, 5.74) is 8.26.